The average Bonchev–Trinajstić information content (AvgIpc) is 2.92. The van der Waals surface area contributed by atoms with Crippen molar-refractivity contribution in [2.45, 2.75) is 6.54 Å². The predicted molar refractivity (Wildman–Crippen MR) is 75.1 cm³/mol. The van der Waals surface area contributed by atoms with Crippen molar-refractivity contribution >= 4 is 11.3 Å². The molecule has 19 heavy (non-hydrogen) atoms. The molecule has 0 unspecified atom stereocenters. The zero-order valence-electron chi connectivity index (χ0n) is 10.7. The lowest BCUT2D eigenvalue weighted by atomic mass is 10.2. The molecule has 0 fully saturated rings. The van der Waals surface area contributed by atoms with E-state index in [1.54, 1.807) is 23.5 Å². The molecule has 5 heteroatoms. The predicted octanol–water partition coefficient (Wildman–Crippen LogP) is 2.53. The number of ether oxygens (including phenoxy) is 1. The molecule has 0 aliphatic carbocycles. The number of aromatic nitrogens is 1. The Bertz CT molecular complexity index is 548. The van der Waals surface area contributed by atoms with E-state index >= 15 is 0 Å². The Morgan fingerprint density at radius 3 is 3.11 bits per heavy atom. The standard InChI is InChI=1S/C14H15N3OS/c1-17(9-13-10-19-11-16-13)5-6-18-14-4-2-3-12(7-14)8-15/h2-4,7,10-11H,5-6,9H2,1H3. The van der Waals surface area contributed by atoms with Gasteiger partial charge in [-0.1, -0.05) is 6.07 Å². The van der Waals surface area contributed by atoms with Gasteiger partial charge >= 0.3 is 0 Å². The van der Waals surface area contributed by atoms with Gasteiger partial charge in [-0.15, -0.1) is 11.3 Å². The van der Waals surface area contributed by atoms with Gasteiger partial charge in [-0.25, -0.2) is 4.98 Å². The van der Waals surface area contributed by atoms with E-state index in [-0.39, 0.29) is 0 Å². The smallest absolute Gasteiger partial charge is 0.120 e. The highest BCUT2D eigenvalue weighted by Crippen LogP contribution is 2.12. The molecule has 1 aromatic heterocycles. The van der Waals surface area contributed by atoms with Crippen molar-refractivity contribution in [1.29, 1.82) is 5.26 Å². The molecule has 0 bridgehead atoms. The van der Waals surface area contributed by atoms with Crippen molar-refractivity contribution in [3.05, 3.63) is 46.4 Å². The Kier molecular flexibility index (Phi) is 4.90. The summed E-state index contributed by atoms with van der Waals surface area (Å²) >= 11 is 1.61. The van der Waals surface area contributed by atoms with Gasteiger partial charge in [0.2, 0.25) is 0 Å². The van der Waals surface area contributed by atoms with Gasteiger partial charge in [0.1, 0.15) is 12.4 Å². The first kappa shape index (κ1) is 13.5. The molecule has 0 saturated carbocycles. The summed E-state index contributed by atoms with van der Waals surface area (Å²) < 4.78 is 5.63. The lowest BCUT2D eigenvalue weighted by Gasteiger charge is -2.15. The van der Waals surface area contributed by atoms with E-state index < -0.39 is 0 Å². The van der Waals surface area contributed by atoms with E-state index in [9.17, 15) is 0 Å². The summed E-state index contributed by atoms with van der Waals surface area (Å²) in [5.74, 6) is 0.737. The summed E-state index contributed by atoms with van der Waals surface area (Å²) in [6, 6.07) is 9.30. The van der Waals surface area contributed by atoms with E-state index in [0.717, 1.165) is 24.5 Å². The van der Waals surface area contributed by atoms with Gasteiger partial charge in [0.15, 0.2) is 0 Å². The Morgan fingerprint density at radius 2 is 2.37 bits per heavy atom. The first-order valence-corrected chi connectivity index (χ1v) is 6.91. The summed E-state index contributed by atoms with van der Waals surface area (Å²) in [5, 5.41) is 10.8. The summed E-state index contributed by atoms with van der Waals surface area (Å²) in [6.45, 7) is 2.23. The molecule has 0 N–H and O–H groups in total. The summed E-state index contributed by atoms with van der Waals surface area (Å²) in [6.07, 6.45) is 0. The number of nitrogens with zero attached hydrogens (tertiary/aromatic N) is 3. The molecule has 2 rings (SSSR count). The third kappa shape index (κ3) is 4.36. The number of thiazole rings is 1. The van der Waals surface area contributed by atoms with E-state index in [2.05, 4.69) is 16.0 Å². The highest BCUT2D eigenvalue weighted by Gasteiger charge is 2.02. The van der Waals surface area contributed by atoms with E-state index in [1.165, 1.54) is 0 Å². The first-order valence-electron chi connectivity index (χ1n) is 5.96. The SMILES string of the molecule is CN(CCOc1cccc(C#N)c1)Cc1cscn1. The van der Waals surface area contributed by atoms with Crippen LogP contribution in [-0.2, 0) is 6.54 Å². The van der Waals surface area contributed by atoms with Gasteiger partial charge in [0.05, 0.1) is 22.8 Å². The molecule has 0 radical (unpaired) electrons. The Balaban J connectivity index is 1.75. The Morgan fingerprint density at radius 1 is 1.47 bits per heavy atom. The largest absolute Gasteiger partial charge is 0.492 e. The van der Waals surface area contributed by atoms with E-state index in [0.29, 0.717) is 12.2 Å². The quantitative estimate of drug-likeness (QED) is 0.811. The molecule has 0 aliphatic heterocycles. The molecule has 0 aliphatic rings. The maximum atomic E-state index is 8.80. The topological polar surface area (TPSA) is 49.1 Å². The minimum Gasteiger partial charge on any atom is -0.492 e. The third-order valence-electron chi connectivity index (χ3n) is 2.62. The molecule has 1 aromatic carbocycles. The lowest BCUT2D eigenvalue weighted by Crippen LogP contribution is -2.24. The summed E-state index contributed by atoms with van der Waals surface area (Å²) in [5.41, 5.74) is 3.54. The lowest BCUT2D eigenvalue weighted by molar-refractivity contribution is 0.231. The van der Waals surface area contributed by atoms with Crippen molar-refractivity contribution in [1.82, 2.24) is 9.88 Å². The molecular weight excluding hydrogens is 258 g/mol. The van der Waals surface area contributed by atoms with Crippen molar-refractivity contribution in [2.75, 3.05) is 20.2 Å². The fourth-order valence-corrected chi connectivity index (χ4v) is 2.20. The van der Waals surface area contributed by atoms with Gasteiger partial charge in [-0.3, -0.25) is 4.90 Å². The van der Waals surface area contributed by atoms with E-state index in [1.807, 2.05) is 30.1 Å². The molecule has 1 heterocycles. The molecule has 0 atom stereocenters. The minimum atomic E-state index is 0.593. The molecule has 0 amide bonds. The molecular formula is C14H15N3OS. The van der Waals surface area contributed by atoms with Crippen LogP contribution in [0.25, 0.3) is 0 Å². The summed E-state index contributed by atoms with van der Waals surface area (Å²) in [7, 11) is 2.04. The fourth-order valence-electron chi connectivity index (χ4n) is 1.65. The number of nitriles is 1. The van der Waals surface area contributed by atoms with Crippen LogP contribution in [-0.4, -0.2) is 30.1 Å². The van der Waals surface area contributed by atoms with Gasteiger partial charge in [-0.2, -0.15) is 5.26 Å². The Hall–Kier alpha value is -1.90. The minimum absolute atomic E-state index is 0.593. The van der Waals surface area contributed by atoms with Crippen LogP contribution in [0.4, 0.5) is 0 Å². The highest BCUT2D eigenvalue weighted by molar-refractivity contribution is 7.07. The van der Waals surface area contributed by atoms with Crippen LogP contribution in [0.5, 0.6) is 5.75 Å². The average molecular weight is 273 g/mol. The molecule has 0 spiro atoms. The van der Waals surface area contributed by atoms with Crippen LogP contribution in [0, 0.1) is 11.3 Å². The maximum Gasteiger partial charge on any atom is 0.120 e. The van der Waals surface area contributed by atoms with Gasteiger partial charge in [0.25, 0.3) is 0 Å². The third-order valence-corrected chi connectivity index (χ3v) is 3.26. The van der Waals surface area contributed by atoms with Crippen molar-refractivity contribution in [2.24, 2.45) is 0 Å². The monoisotopic (exact) mass is 273 g/mol. The first-order chi connectivity index (χ1) is 9.28. The van der Waals surface area contributed by atoms with Crippen LogP contribution in [0.3, 0.4) is 0 Å². The van der Waals surface area contributed by atoms with Crippen molar-refractivity contribution in [3.8, 4) is 11.8 Å². The second-order valence-corrected chi connectivity index (χ2v) is 4.92. The van der Waals surface area contributed by atoms with Crippen LogP contribution in [0.2, 0.25) is 0 Å². The second kappa shape index (κ2) is 6.88. The zero-order chi connectivity index (χ0) is 13.5. The number of likely N-dealkylation sites (N-methyl/N-ethyl adjacent to an activating group) is 1. The zero-order valence-corrected chi connectivity index (χ0v) is 11.6. The highest BCUT2D eigenvalue weighted by atomic mass is 32.1. The number of rotatable bonds is 6. The number of hydrogen-bond donors (Lipinski definition) is 0. The summed E-state index contributed by atoms with van der Waals surface area (Å²) in [4.78, 5) is 6.40. The van der Waals surface area contributed by atoms with Crippen LogP contribution in [0.1, 0.15) is 11.3 Å². The molecule has 4 nitrogen and oxygen atoms in total. The van der Waals surface area contributed by atoms with Crippen LogP contribution in [0.15, 0.2) is 35.2 Å². The Labute approximate surface area is 116 Å². The van der Waals surface area contributed by atoms with Crippen LogP contribution >= 0.6 is 11.3 Å². The number of benzene rings is 1. The molecule has 98 valence electrons. The van der Waals surface area contributed by atoms with Crippen molar-refractivity contribution in [3.63, 3.8) is 0 Å². The van der Waals surface area contributed by atoms with Gasteiger partial charge < -0.3 is 4.74 Å². The van der Waals surface area contributed by atoms with E-state index in [4.69, 9.17) is 10.00 Å². The normalized spacial score (nSPS) is 10.4. The maximum absolute atomic E-state index is 8.80. The van der Waals surface area contributed by atoms with Crippen molar-refractivity contribution < 1.29 is 4.74 Å². The molecule has 2 aromatic rings. The number of hydrogen-bond acceptors (Lipinski definition) is 5. The van der Waals surface area contributed by atoms with Gasteiger partial charge in [-0.05, 0) is 25.2 Å². The second-order valence-electron chi connectivity index (χ2n) is 4.21. The van der Waals surface area contributed by atoms with Gasteiger partial charge in [0, 0.05) is 18.5 Å². The molecule has 0 saturated heterocycles. The fraction of sp³-hybridized carbons (Fsp3) is 0.286. The van der Waals surface area contributed by atoms with Crippen LogP contribution < -0.4 is 4.74 Å².